The van der Waals surface area contributed by atoms with Gasteiger partial charge in [-0.2, -0.15) is 0 Å². The average Bonchev–Trinajstić information content (AvgIpc) is 2.78. The lowest BCUT2D eigenvalue weighted by Gasteiger charge is -2.18. The van der Waals surface area contributed by atoms with Crippen LogP contribution in [-0.2, 0) is 0 Å². The van der Waals surface area contributed by atoms with E-state index in [0.717, 1.165) is 16.0 Å². The fraction of sp³-hybridized carbons (Fsp3) is 0.312. The molecule has 3 N–H and O–H groups in total. The molecule has 0 fully saturated rings. The van der Waals surface area contributed by atoms with E-state index < -0.39 is 5.54 Å². The van der Waals surface area contributed by atoms with Crippen LogP contribution in [0.3, 0.4) is 0 Å². The van der Waals surface area contributed by atoms with Gasteiger partial charge in [0.1, 0.15) is 5.82 Å². The van der Waals surface area contributed by atoms with Gasteiger partial charge in [-0.3, -0.25) is 4.79 Å². The number of benzene rings is 1. The summed E-state index contributed by atoms with van der Waals surface area (Å²) >= 11 is 1.43. The summed E-state index contributed by atoms with van der Waals surface area (Å²) in [5.41, 5.74) is 7.27. The number of nitrogens with one attached hydrogen (secondary N) is 1. The maximum Gasteiger partial charge on any atom is 0.261 e. The Bertz CT molecular complexity index is 641. The fourth-order valence-corrected chi connectivity index (χ4v) is 2.86. The second-order valence-electron chi connectivity index (χ2n) is 5.76. The van der Waals surface area contributed by atoms with Crippen molar-refractivity contribution in [2.75, 3.05) is 6.54 Å². The van der Waals surface area contributed by atoms with Crippen molar-refractivity contribution in [1.29, 1.82) is 0 Å². The summed E-state index contributed by atoms with van der Waals surface area (Å²) in [6.07, 6.45) is 0. The van der Waals surface area contributed by atoms with Gasteiger partial charge in [-0.15, -0.1) is 11.3 Å². The van der Waals surface area contributed by atoms with E-state index >= 15 is 0 Å². The van der Waals surface area contributed by atoms with Gasteiger partial charge >= 0.3 is 0 Å². The van der Waals surface area contributed by atoms with E-state index in [0.29, 0.717) is 11.4 Å². The van der Waals surface area contributed by atoms with Gasteiger partial charge in [0.2, 0.25) is 0 Å². The van der Waals surface area contributed by atoms with E-state index in [1.54, 1.807) is 12.1 Å². The highest BCUT2D eigenvalue weighted by molar-refractivity contribution is 7.14. The quantitative estimate of drug-likeness (QED) is 0.910. The SMILES string of the molecule is Cc1sc(C(=O)NCC(C)(C)N)cc1-c1ccc(F)cc1. The number of amides is 1. The van der Waals surface area contributed by atoms with Crippen LogP contribution < -0.4 is 11.1 Å². The lowest BCUT2D eigenvalue weighted by molar-refractivity contribution is 0.0950. The number of aryl methyl sites for hydroxylation is 1. The molecule has 2 aromatic rings. The molecule has 0 bridgehead atoms. The third-order valence-corrected chi connectivity index (χ3v) is 4.05. The van der Waals surface area contributed by atoms with E-state index in [-0.39, 0.29) is 11.7 Å². The molecular formula is C16H19FN2OS. The first-order chi connectivity index (χ1) is 9.76. The molecule has 0 aliphatic heterocycles. The van der Waals surface area contributed by atoms with E-state index in [4.69, 9.17) is 5.73 Å². The number of hydrogen-bond donors (Lipinski definition) is 2. The lowest BCUT2D eigenvalue weighted by atomic mass is 10.1. The van der Waals surface area contributed by atoms with Crippen molar-refractivity contribution in [3.63, 3.8) is 0 Å². The van der Waals surface area contributed by atoms with E-state index in [1.807, 2.05) is 26.8 Å². The second-order valence-corrected chi connectivity index (χ2v) is 7.01. The Labute approximate surface area is 128 Å². The van der Waals surface area contributed by atoms with Crippen LogP contribution in [0, 0.1) is 12.7 Å². The third kappa shape index (κ3) is 4.12. The van der Waals surface area contributed by atoms with E-state index in [2.05, 4.69) is 5.32 Å². The molecule has 0 saturated carbocycles. The monoisotopic (exact) mass is 306 g/mol. The minimum Gasteiger partial charge on any atom is -0.350 e. The first-order valence-electron chi connectivity index (χ1n) is 6.70. The van der Waals surface area contributed by atoms with Crippen LogP contribution in [0.15, 0.2) is 30.3 Å². The van der Waals surface area contributed by atoms with Gasteiger partial charge < -0.3 is 11.1 Å². The molecule has 2 rings (SSSR count). The van der Waals surface area contributed by atoms with Crippen molar-refractivity contribution in [2.45, 2.75) is 26.3 Å². The molecule has 0 atom stereocenters. The minimum atomic E-state index is -0.443. The highest BCUT2D eigenvalue weighted by Crippen LogP contribution is 2.31. The van der Waals surface area contributed by atoms with Crippen molar-refractivity contribution >= 4 is 17.2 Å². The molecule has 5 heteroatoms. The number of hydrogen-bond acceptors (Lipinski definition) is 3. The number of carbonyl (C=O) groups is 1. The molecular weight excluding hydrogens is 287 g/mol. The van der Waals surface area contributed by atoms with Gasteiger partial charge in [0.25, 0.3) is 5.91 Å². The first-order valence-corrected chi connectivity index (χ1v) is 7.51. The van der Waals surface area contributed by atoms with Gasteiger partial charge in [0, 0.05) is 17.0 Å². The van der Waals surface area contributed by atoms with E-state index in [9.17, 15) is 9.18 Å². The van der Waals surface area contributed by atoms with Crippen LogP contribution >= 0.6 is 11.3 Å². The summed E-state index contributed by atoms with van der Waals surface area (Å²) in [5.74, 6) is -0.398. The molecule has 1 heterocycles. The number of nitrogens with two attached hydrogens (primary N) is 1. The maximum absolute atomic E-state index is 13.0. The second kappa shape index (κ2) is 5.95. The molecule has 1 aromatic heterocycles. The summed E-state index contributed by atoms with van der Waals surface area (Å²) in [6, 6.07) is 8.11. The lowest BCUT2D eigenvalue weighted by Crippen LogP contribution is -2.44. The molecule has 112 valence electrons. The molecule has 0 spiro atoms. The van der Waals surface area contributed by atoms with Gasteiger partial charge in [0.15, 0.2) is 0 Å². The largest absolute Gasteiger partial charge is 0.350 e. The Morgan fingerprint density at radius 1 is 1.33 bits per heavy atom. The van der Waals surface area contributed by atoms with Crippen LogP contribution in [-0.4, -0.2) is 18.0 Å². The van der Waals surface area contributed by atoms with Crippen molar-refractivity contribution in [2.24, 2.45) is 5.73 Å². The van der Waals surface area contributed by atoms with Gasteiger partial charge in [-0.05, 0) is 50.1 Å². The van der Waals surface area contributed by atoms with Gasteiger partial charge in [-0.25, -0.2) is 4.39 Å². The molecule has 0 radical (unpaired) electrons. The van der Waals surface area contributed by atoms with Gasteiger partial charge in [-0.1, -0.05) is 12.1 Å². The number of carbonyl (C=O) groups excluding carboxylic acids is 1. The number of rotatable bonds is 4. The topological polar surface area (TPSA) is 55.1 Å². The molecule has 3 nitrogen and oxygen atoms in total. The Morgan fingerprint density at radius 2 is 1.95 bits per heavy atom. The van der Waals surface area contributed by atoms with Crippen molar-refractivity contribution in [3.05, 3.63) is 45.9 Å². The van der Waals surface area contributed by atoms with Crippen LogP contribution in [0.4, 0.5) is 4.39 Å². The molecule has 0 saturated heterocycles. The standard InChI is InChI=1S/C16H19FN2OS/c1-10-13(11-4-6-12(17)7-5-11)8-14(21-10)15(20)19-9-16(2,3)18/h4-8H,9,18H2,1-3H3,(H,19,20). The van der Waals surface area contributed by atoms with Crippen molar-refractivity contribution < 1.29 is 9.18 Å². The molecule has 1 aromatic carbocycles. The van der Waals surface area contributed by atoms with Crippen LogP contribution in [0.25, 0.3) is 11.1 Å². The summed E-state index contributed by atoms with van der Waals surface area (Å²) in [6.45, 7) is 6.08. The predicted molar refractivity (Wildman–Crippen MR) is 85.0 cm³/mol. The first kappa shape index (κ1) is 15.7. The van der Waals surface area contributed by atoms with Crippen molar-refractivity contribution in [3.8, 4) is 11.1 Å². The minimum absolute atomic E-state index is 0.130. The van der Waals surface area contributed by atoms with Crippen molar-refractivity contribution in [1.82, 2.24) is 5.32 Å². The summed E-state index contributed by atoms with van der Waals surface area (Å²) in [4.78, 5) is 13.8. The molecule has 0 unspecified atom stereocenters. The highest BCUT2D eigenvalue weighted by atomic mass is 32.1. The smallest absolute Gasteiger partial charge is 0.261 e. The highest BCUT2D eigenvalue weighted by Gasteiger charge is 2.16. The summed E-state index contributed by atoms with van der Waals surface area (Å²) in [7, 11) is 0. The van der Waals surface area contributed by atoms with E-state index in [1.165, 1.54) is 23.5 Å². The average molecular weight is 306 g/mol. The zero-order chi connectivity index (χ0) is 15.6. The normalized spacial score (nSPS) is 11.5. The number of thiophene rings is 1. The molecule has 1 amide bonds. The maximum atomic E-state index is 13.0. The van der Waals surface area contributed by atoms with Crippen LogP contribution in [0.5, 0.6) is 0 Å². The van der Waals surface area contributed by atoms with Gasteiger partial charge in [0.05, 0.1) is 4.88 Å². The molecule has 0 aliphatic rings. The Kier molecular flexibility index (Phi) is 4.44. The Balaban J connectivity index is 2.19. The zero-order valence-electron chi connectivity index (χ0n) is 12.4. The summed E-state index contributed by atoms with van der Waals surface area (Å²) < 4.78 is 13.0. The predicted octanol–water partition coefficient (Wildman–Crippen LogP) is 3.33. The molecule has 21 heavy (non-hydrogen) atoms. The third-order valence-electron chi connectivity index (χ3n) is 3.00. The van der Waals surface area contributed by atoms with Crippen LogP contribution in [0.2, 0.25) is 0 Å². The Morgan fingerprint density at radius 3 is 2.52 bits per heavy atom. The number of halogens is 1. The Hall–Kier alpha value is -1.72. The van der Waals surface area contributed by atoms with Crippen LogP contribution in [0.1, 0.15) is 28.4 Å². The summed E-state index contributed by atoms with van der Waals surface area (Å²) in [5, 5.41) is 2.83. The molecule has 0 aliphatic carbocycles. The fourth-order valence-electron chi connectivity index (χ4n) is 1.91. The zero-order valence-corrected chi connectivity index (χ0v) is 13.2.